The average Bonchev–Trinajstić information content (AvgIpc) is 3.37. The van der Waals surface area contributed by atoms with E-state index in [0.29, 0.717) is 37.1 Å². The molecule has 2 aliphatic rings. The lowest BCUT2D eigenvalue weighted by atomic mass is 10.2. The predicted molar refractivity (Wildman–Crippen MR) is 92.5 cm³/mol. The van der Waals surface area contributed by atoms with Gasteiger partial charge in [-0.15, -0.1) is 0 Å². The standard InChI is InChI=1S/C19H22N2O4/c1-20(12-16(22)13-4-5-13)19(23)15-3-2-8-21(15)14-6-7-17-18(11-14)25-10-9-24-17/h2-3,6-8,11,13,16,22H,4-5,9-10,12H2,1H3. The fourth-order valence-electron chi connectivity index (χ4n) is 3.15. The number of carbonyl (C=O) groups is 1. The van der Waals surface area contributed by atoms with Crippen LogP contribution in [0, 0.1) is 5.92 Å². The molecule has 1 N–H and O–H groups in total. The molecule has 4 rings (SSSR count). The largest absolute Gasteiger partial charge is 0.486 e. The lowest BCUT2D eigenvalue weighted by Crippen LogP contribution is -2.36. The Morgan fingerprint density at radius 1 is 1.28 bits per heavy atom. The van der Waals surface area contributed by atoms with Crippen LogP contribution in [0.4, 0.5) is 0 Å². The first-order valence-electron chi connectivity index (χ1n) is 8.64. The summed E-state index contributed by atoms with van der Waals surface area (Å²) in [6, 6.07) is 9.28. The molecule has 1 aromatic heterocycles. The number of fused-ring (bicyclic) bond motifs is 1. The van der Waals surface area contributed by atoms with Crippen LogP contribution in [0.5, 0.6) is 11.5 Å². The molecule has 1 aliphatic carbocycles. The molecule has 1 atom stereocenters. The van der Waals surface area contributed by atoms with Gasteiger partial charge < -0.3 is 24.0 Å². The van der Waals surface area contributed by atoms with Crippen molar-refractivity contribution in [3.63, 3.8) is 0 Å². The Hall–Kier alpha value is -2.47. The van der Waals surface area contributed by atoms with Crippen molar-refractivity contribution in [2.24, 2.45) is 5.92 Å². The molecule has 2 aromatic rings. The molecule has 6 heteroatoms. The molecule has 0 saturated heterocycles. The highest BCUT2D eigenvalue weighted by Gasteiger charge is 2.31. The fourth-order valence-corrected chi connectivity index (χ4v) is 3.15. The molecule has 25 heavy (non-hydrogen) atoms. The summed E-state index contributed by atoms with van der Waals surface area (Å²) in [7, 11) is 1.73. The van der Waals surface area contributed by atoms with Gasteiger partial charge in [0.25, 0.3) is 5.91 Å². The number of hydrogen-bond acceptors (Lipinski definition) is 4. The molecule has 6 nitrogen and oxygen atoms in total. The maximum absolute atomic E-state index is 12.8. The van der Waals surface area contributed by atoms with Gasteiger partial charge in [-0.25, -0.2) is 0 Å². The molecule has 1 saturated carbocycles. The van der Waals surface area contributed by atoms with Crippen LogP contribution in [0.25, 0.3) is 5.69 Å². The Balaban J connectivity index is 1.56. The van der Waals surface area contributed by atoms with Gasteiger partial charge in [-0.1, -0.05) is 0 Å². The van der Waals surface area contributed by atoms with Crippen LogP contribution in [0.1, 0.15) is 23.3 Å². The SMILES string of the molecule is CN(CC(O)C1CC1)C(=O)c1cccn1-c1ccc2c(c1)OCCO2. The number of ether oxygens (including phenoxy) is 2. The molecule has 1 aromatic carbocycles. The van der Waals surface area contributed by atoms with E-state index in [4.69, 9.17) is 9.47 Å². The molecule has 0 bridgehead atoms. The lowest BCUT2D eigenvalue weighted by molar-refractivity contribution is 0.0638. The highest BCUT2D eigenvalue weighted by Crippen LogP contribution is 2.34. The maximum atomic E-state index is 12.8. The Labute approximate surface area is 146 Å². The van der Waals surface area contributed by atoms with E-state index in [1.54, 1.807) is 18.0 Å². The van der Waals surface area contributed by atoms with Crippen LogP contribution in [-0.2, 0) is 0 Å². The van der Waals surface area contributed by atoms with Crippen LogP contribution in [0.3, 0.4) is 0 Å². The van der Waals surface area contributed by atoms with E-state index in [9.17, 15) is 9.90 Å². The Morgan fingerprint density at radius 3 is 2.80 bits per heavy atom. The highest BCUT2D eigenvalue weighted by molar-refractivity contribution is 5.93. The van der Waals surface area contributed by atoms with E-state index in [0.717, 1.165) is 24.3 Å². The van der Waals surface area contributed by atoms with Crippen molar-refractivity contribution in [1.29, 1.82) is 0 Å². The molecule has 0 spiro atoms. The molecular formula is C19H22N2O4. The van der Waals surface area contributed by atoms with Crippen molar-refractivity contribution in [2.45, 2.75) is 18.9 Å². The molecule has 1 aliphatic heterocycles. The zero-order valence-electron chi connectivity index (χ0n) is 14.2. The number of aliphatic hydroxyl groups is 1. The van der Waals surface area contributed by atoms with E-state index in [-0.39, 0.29) is 5.91 Å². The van der Waals surface area contributed by atoms with Gasteiger partial charge in [-0.2, -0.15) is 0 Å². The van der Waals surface area contributed by atoms with Gasteiger partial charge in [-0.3, -0.25) is 4.79 Å². The zero-order chi connectivity index (χ0) is 17.4. The predicted octanol–water partition coefficient (Wildman–Crippen LogP) is 2.09. The van der Waals surface area contributed by atoms with Crippen molar-refractivity contribution in [3.05, 3.63) is 42.2 Å². The van der Waals surface area contributed by atoms with Crippen LogP contribution in [-0.4, -0.2) is 53.4 Å². The summed E-state index contributed by atoms with van der Waals surface area (Å²) in [5, 5.41) is 10.1. The Morgan fingerprint density at radius 2 is 2.04 bits per heavy atom. The number of nitrogens with zero attached hydrogens (tertiary/aromatic N) is 2. The first-order valence-corrected chi connectivity index (χ1v) is 8.64. The van der Waals surface area contributed by atoms with Gasteiger partial charge in [0, 0.05) is 31.5 Å². The molecule has 2 heterocycles. The van der Waals surface area contributed by atoms with Crippen molar-refractivity contribution in [3.8, 4) is 17.2 Å². The third-order valence-electron chi connectivity index (χ3n) is 4.75. The lowest BCUT2D eigenvalue weighted by Gasteiger charge is -2.22. The van der Waals surface area contributed by atoms with Gasteiger partial charge in [0.2, 0.25) is 0 Å². The second kappa shape index (κ2) is 6.44. The fraction of sp³-hybridized carbons (Fsp3) is 0.421. The summed E-state index contributed by atoms with van der Waals surface area (Å²) in [6.07, 6.45) is 3.52. The number of aliphatic hydroxyl groups excluding tert-OH is 1. The van der Waals surface area contributed by atoms with Crippen molar-refractivity contribution < 1.29 is 19.4 Å². The van der Waals surface area contributed by atoms with E-state index in [2.05, 4.69) is 0 Å². The van der Waals surface area contributed by atoms with Crippen molar-refractivity contribution in [1.82, 2.24) is 9.47 Å². The molecule has 1 fully saturated rings. The normalized spacial score (nSPS) is 17.2. The van der Waals surface area contributed by atoms with Gasteiger partial charge in [0.15, 0.2) is 11.5 Å². The summed E-state index contributed by atoms with van der Waals surface area (Å²) >= 11 is 0. The van der Waals surface area contributed by atoms with E-state index >= 15 is 0 Å². The number of amides is 1. The summed E-state index contributed by atoms with van der Waals surface area (Å²) in [4.78, 5) is 14.4. The minimum absolute atomic E-state index is 0.111. The smallest absolute Gasteiger partial charge is 0.270 e. The third-order valence-corrected chi connectivity index (χ3v) is 4.75. The van der Waals surface area contributed by atoms with Crippen molar-refractivity contribution in [2.75, 3.05) is 26.8 Å². The van der Waals surface area contributed by atoms with Crippen LogP contribution in [0.15, 0.2) is 36.5 Å². The highest BCUT2D eigenvalue weighted by atomic mass is 16.6. The second-order valence-electron chi connectivity index (χ2n) is 6.68. The van der Waals surface area contributed by atoms with E-state index in [1.807, 2.05) is 35.0 Å². The second-order valence-corrected chi connectivity index (χ2v) is 6.68. The number of aromatic nitrogens is 1. The number of rotatable bonds is 5. The molecule has 132 valence electrons. The molecule has 1 amide bonds. The van der Waals surface area contributed by atoms with Crippen LogP contribution >= 0.6 is 0 Å². The topological polar surface area (TPSA) is 63.9 Å². The van der Waals surface area contributed by atoms with Gasteiger partial charge in [-0.05, 0) is 43.0 Å². The molecule has 1 unspecified atom stereocenters. The van der Waals surface area contributed by atoms with Crippen LogP contribution < -0.4 is 9.47 Å². The zero-order valence-corrected chi connectivity index (χ0v) is 14.2. The quantitative estimate of drug-likeness (QED) is 0.904. The van der Waals surface area contributed by atoms with Crippen LogP contribution in [0.2, 0.25) is 0 Å². The minimum atomic E-state index is -0.438. The first-order chi connectivity index (χ1) is 12.1. The molecular weight excluding hydrogens is 320 g/mol. The number of benzene rings is 1. The van der Waals surface area contributed by atoms with Gasteiger partial charge in [0.1, 0.15) is 18.9 Å². The summed E-state index contributed by atoms with van der Waals surface area (Å²) in [5.74, 6) is 1.65. The van der Waals surface area contributed by atoms with Gasteiger partial charge in [0.05, 0.1) is 6.10 Å². The number of hydrogen-bond donors (Lipinski definition) is 1. The average molecular weight is 342 g/mol. The first kappa shape index (κ1) is 16.0. The maximum Gasteiger partial charge on any atom is 0.270 e. The van der Waals surface area contributed by atoms with Gasteiger partial charge >= 0.3 is 0 Å². The third kappa shape index (κ3) is 3.22. The summed E-state index contributed by atoms with van der Waals surface area (Å²) in [5.41, 5.74) is 1.40. The summed E-state index contributed by atoms with van der Waals surface area (Å²) in [6.45, 7) is 1.43. The summed E-state index contributed by atoms with van der Waals surface area (Å²) < 4.78 is 13.0. The number of carbonyl (C=O) groups excluding carboxylic acids is 1. The molecule has 0 radical (unpaired) electrons. The Bertz CT molecular complexity index is 781. The minimum Gasteiger partial charge on any atom is -0.486 e. The van der Waals surface area contributed by atoms with E-state index < -0.39 is 6.10 Å². The number of likely N-dealkylation sites (N-methyl/N-ethyl adjacent to an activating group) is 1. The van der Waals surface area contributed by atoms with E-state index in [1.165, 1.54) is 0 Å². The van der Waals surface area contributed by atoms with Crippen molar-refractivity contribution >= 4 is 5.91 Å². The Kier molecular flexibility index (Phi) is 4.13. The monoisotopic (exact) mass is 342 g/mol.